The summed E-state index contributed by atoms with van der Waals surface area (Å²) in [6, 6.07) is 5.28. The standard InChI is InChI=1S/C14H18Cl2N2O2/c15-11-4-1-5-12(14(11)16)20-8-6-13(19)18-7-2-3-10(17)9-18/h1,4-5,10H,2-3,6-9,17H2/t10-/m1/s1. The molecule has 1 heterocycles. The normalized spacial score (nSPS) is 18.9. The first-order valence-electron chi connectivity index (χ1n) is 6.68. The van der Waals surface area contributed by atoms with E-state index < -0.39 is 0 Å². The lowest BCUT2D eigenvalue weighted by molar-refractivity contribution is -0.132. The molecule has 0 radical (unpaired) electrons. The number of hydrogen-bond donors (Lipinski definition) is 1. The molecule has 1 aromatic carbocycles. The summed E-state index contributed by atoms with van der Waals surface area (Å²) in [7, 11) is 0. The molecule has 1 aromatic rings. The van der Waals surface area contributed by atoms with Crippen molar-refractivity contribution in [2.45, 2.75) is 25.3 Å². The first kappa shape index (κ1) is 15.4. The highest BCUT2D eigenvalue weighted by atomic mass is 35.5. The number of carbonyl (C=O) groups excluding carboxylic acids is 1. The largest absolute Gasteiger partial charge is 0.491 e. The zero-order chi connectivity index (χ0) is 14.5. The Morgan fingerprint density at radius 2 is 2.25 bits per heavy atom. The summed E-state index contributed by atoms with van der Waals surface area (Å²) in [5.41, 5.74) is 5.86. The van der Waals surface area contributed by atoms with Crippen LogP contribution in [0.5, 0.6) is 5.75 Å². The van der Waals surface area contributed by atoms with Crippen LogP contribution in [0.4, 0.5) is 0 Å². The molecule has 110 valence electrons. The maximum atomic E-state index is 12.0. The van der Waals surface area contributed by atoms with Crippen LogP contribution in [0.3, 0.4) is 0 Å². The van der Waals surface area contributed by atoms with E-state index in [1.165, 1.54) is 0 Å². The molecule has 1 atom stereocenters. The van der Waals surface area contributed by atoms with Gasteiger partial charge in [0.25, 0.3) is 0 Å². The molecule has 2 rings (SSSR count). The third kappa shape index (κ3) is 4.01. The summed E-state index contributed by atoms with van der Waals surface area (Å²) in [4.78, 5) is 13.8. The monoisotopic (exact) mass is 316 g/mol. The van der Waals surface area contributed by atoms with E-state index in [0.717, 1.165) is 19.4 Å². The minimum atomic E-state index is 0.0679. The van der Waals surface area contributed by atoms with E-state index >= 15 is 0 Å². The number of nitrogens with two attached hydrogens (primary N) is 1. The topological polar surface area (TPSA) is 55.6 Å². The van der Waals surface area contributed by atoms with Gasteiger partial charge in [-0.05, 0) is 25.0 Å². The summed E-state index contributed by atoms with van der Waals surface area (Å²) >= 11 is 11.9. The van der Waals surface area contributed by atoms with Crippen molar-refractivity contribution in [3.05, 3.63) is 28.2 Å². The summed E-state index contributed by atoms with van der Waals surface area (Å²) < 4.78 is 5.51. The molecule has 1 aliphatic rings. The lowest BCUT2D eigenvalue weighted by Gasteiger charge is -2.30. The minimum Gasteiger partial charge on any atom is -0.491 e. The number of ether oxygens (including phenoxy) is 1. The summed E-state index contributed by atoms with van der Waals surface area (Å²) in [5.74, 6) is 0.570. The van der Waals surface area contributed by atoms with Crippen molar-refractivity contribution in [1.29, 1.82) is 0 Å². The Morgan fingerprint density at radius 1 is 1.45 bits per heavy atom. The molecule has 4 nitrogen and oxygen atoms in total. The second-order valence-corrected chi connectivity index (χ2v) is 5.68. The highest BCUT2D eigenvalue weighted by Gasteiger charge is 2.20. The molecule has 0 aromatic heterocycles. The molecule has 0 aliphatic carbocycles. The van der Waals surface area contributed by atoms with E-state index in [2.05, 4.69) is 0 Å². The van der Waals surface area contributed by atoms with Gasteiger partial charge in [0.15, 0.2) is 0 Å². The lowest BCUT2D eigenvalue weighted by Crippen LogP contribution is -2.46. The second kappa shape index (κ2) is 7.16. The Labute approximate surface area is 128 Å². The number of nitrogens with zero attached hydrogens (tertiary/aromatic N) is 1. The van der Waals surface area contributed by atoms with Gasteiger partial charge < -0.3 is 15.4 Å². The van der Waals surface area contributed by atoms with Gasteiger partial charge in [-0.3, -0.25) is 4.79 Å². The lowest BCUT2D eigenvalue weighted by atomic mass is 10.1. The number of piperidine rings is 1. The van der Waals surface area contributed by atoms with Gasteiger partial charge in [0, 0.05) is 19.1 Å². The van der Waals surface area contributed by atoms with Crippen molar-refractivity contribution >= 4 is 29.1 Å². The zero-order valence-corrected chi connectivity index (χ0v) is 12.7. The van der Waals surface area contributed by atoms with Crippen LogP contribution in [-0.2, 0) is 4.79 Å². The van der Waals surface area contributed by atoms with Gasteiger partial charge in [-0.15, -0.1) is 0 Å². The quantitative estimate of drug-likeness (QED) is 0.929. The van der Waals surface area contributed by atoms with Gasteiger partial charge in [0.05, 0.1) is 18.1 Å². The predicted octanol–water partition coefficient (Wildman–Crippen LogP) is 2.71. The first-order valence-corrected chi connectivity index (χ1v) is 7.43. The van der Waals surface area contributed by atoms with Gasteiger partial charge in [0.2, 0.25) is 5.91 Å². The molecule has 1 saturated heterocycles. The SMILES string of the molecule is N[C@@H]1CCCN(C(=O)CCOc2cccc(Cl)c2Cl)C1. The van der Waals surface area contributed by atoms with Gasteiger partial charge in [-0.1, -0.05) is 29.3 Å². The molecule has 6 heteroatoms. The van der Waals surface area contributed by atoms with Crippen LogP contribution in [0.15, 0.2) is 18.2 Å². The van der Waals surface area contributed by atoms with Crippen molar-refractivity contribution in [2.24, 2.45) is 5.73 Å². The first-order chi connectivity index (χ1) is 9.58. The molecular formula is C14H18Cl2N2O2. The van der Waals surface area contributed by atoms with Crippen LogP contribution in [-0.4, -0.2) is 36.5 Å². The predicted molar refractivity (Wildman–Crippen MR) is 80.4 cm³/mol. The fourth-order valence-electron chi connectivity index (χ4n) is 2.24. The maximum absolute atomic E-state index is 12.0. The van der Waals surface area contributed by atoms with Crippen molar-refractivity contribution in [1.82, 2.24) is 4.90 Å². The third-order valence-corrected chi connectivity index (χ3v) is 4.10. The minimum absolute atomic E-state index is 0.0679. The number of halogens is 2. The fraction of sp³-hybridized carbons (Fsp3) is 0.500. The van der Waals surface area contributed by atoms with E-state index in [-0.39, 0.29) is 18.6 Å². The third-order valence-electron chi connectivity index (χ3n) is 3.30. The molecular weight excluding hydrogens is 299 g/mol. The van der Waals surface area contributed by atoms with E-state index in [9.17, 15) is 4.79 Å². The maximum Gasteiger partial charge on any atom is 0.226 e. The molecule has 1 fully saturated rings. The van der Waals surface area contributed by atoms with Crippen LogP contribution >= 0.6 is 23.2 Å². The van der Waals surface area contributed by atoms with Crippen LogP contribution < -0.4 is 10.5 Å². The van der Waals surface area contributed by atoms with Crippen LogP contribution in [0, 0.1) is 0 Å². The van der Waals surface area contributed by atoms with E-state index in [4.69, 9.17) is 33.7 Å². The van der Waals surface area contributed by atoms with E-state index in [0.29, 0.717) is 28.8 Å². The number of carbonyl (C=O) groups is 1. The Bertz CT molecular complexity index is 482. The Kier molecular flexibility index (Phi) is 5.52. The average molecular weight is 317 g/mol. The van der Waals surface area contributed by atoms with Gasteiger partial charge in [0.1, 0.15) is 10.8 Å². The van der Waals surface area contributed by atoms with Gasteiger partial charge in [-0.2, -0.15) is 0 Å². The Balaban J connectivity index is 1.80. The van der Waals surface area contributed by atoms with Gasteiger partial charge >= 0.3 is 0 Å². The highest BCUT2D eigenvalue weighted by molar-refractivity contribution is 6.42. The molecule has 2 N–H and O–H groups in total. The molecule has 0 bridgehead atoms. The number of likely N-dealkylation sites (tertiary alicyclic amines) is 1. The number of benzene rings is 1. The van der Waals surface area contributed by atoms with Crippen molar-refractivity contribution in [3.63, 3.8) is 0 Å². The van der Waals surface area contributed by atoms with Crippen molar-refractivity contribution < 1.29 is 9.53 Å². The number of rotatable bonds is 4. The Morgan fingerprint density at radius 3 is 3.00 bits per heavy atom. The van der Waals surface area contributed by atoms with Crippen LogP contribution in [0.1, 0.15) is 19.3 Å². The molecule has 20 heavy (non-hydrogen) atoms. The molecule has 1 amide bonds. The second-order valence-electron chi connectivity index (χ2n) is 4.89. The smallest absolute Gasteiger partial charge is 0.226 e. The molecule has 0 unspecified atom stereocenters. The van der Waals surface area contributed by atoms with Crippen molar-refractivity contribution in [2.75, 3.05) is 19.7 Å². The van der Waals surface area contributed by atoms with Crippen molar-refractivity contribution in [3.8, 4) is 5.75 Å². The fourth-order valence-corrected chi connectivity index (χ4v) is 2.58. The average Bonchev–Trinajstić information content (AvgIpc) is 2.43. The summed E-state index contributed by atoms with van der Waals surface area (Å²) in [6.45, 7) is 1.70. The number of amides is 1. The van der Waals surface area contributed by atoms with Crippen LogP contribution in [0.2, 0.25) is 10.0 Å². The summed E-state index contributed by atoms with van der Waals surface area (Å²) in [6.07, 6.45) is 2.27. The summed E-state index contributed by atoms with van der Waals surface area (Å²) in [5, 5.41) is 0.819. The zero-order valence-electron chi connectivity index (χ0n) is 11.1. The van der Waals surface area contributed by atoms with E-state index in [1.54, 1.807) is 23.1 Å². The molecule has 0 saturated carbocycles. The van der Waals surface area contributed by atoms with E-state index in [1.807, 2.05) is 0 Å². The molecule has 0 spiro atoms. The van der Waals surface area contributed by atoms with Gasteiger partial charge in [-0.25, -0.2) is 0 Å². The Hall–Kier alpha value is -0.970. The highest BCUT2D eigenvalue weighted by Crippen LogP contribution is 2.31. The molecule has 1 aliphatic heterocycles. The number of hydrogen-bond acceptors (Lipinski definition) is 3. The van der Waals surface area contributed by atoms with Crippen LogP contribution in [0.25, 0.3) is 0 Å².